The minimum absolute atomic E-state index is 0.252. The first kappa shape index (κ1) is 11.5. The molecule has 1 aliphatic rings. The summed E-state index contributed by atoms with van der Waals surface area (Å²) in [6, 6.07) is 14.3. The SMILES string of the molecule is NC(=O)C1NC(=O)c2c(-c3ccccc3)cccc21. The highest BCUT2D eigenvalue weighted by molar-refractivity contribution is 6.09. The second-order valence-corrected chi connectivity index (χ2v) is 4.44. The number of nitrogens with one attached hydrogen (secondary N) is 1. The molecule has 2 aromatic rings. The van der Waals surface area contributed by atoms with E-state index in [-0.39, 0.29) is 5.91 Å². The molecule has 1 aliphatic heterocycles. The van der Waals surface area contributed by atoms with Crippen LogP contribution in [-0.4, -0.2) is 11.8 Å². The Hall–Kier alpha value is -2.62. The van der Waals surface area contributed by atoms with E-state index < -0.39 is 11.9 Å². The van der Waals surface area contributed by atoms with Gasteiger partial charge in [-0.3, -0.25) is 9.59 Å². The van der Waals surface area contributed by atoms with Crippen molar-refractivity contribution in [2.24, 2.45) is 5.73 Å². The summed E-state index contributed by atoms with van der Waals surface area (Å²) in [4.78, 5) is 23.4. The van der Waals surface area contributed by atoms with Crippen LogP contribution < -0.4 is 11.1 Å². The first-order valence-electron chi connectivity index (χ1n) is 5.97. The van der Waals surface area contributed by atoms with E-state index in [1.807, 2.05) is 42.5 Å². The van der Waals surface area contributed by atoms with Crippen molar-refractivity contribution in [2.75, 3.05) is 0 Å². The smallest absolute Gasteiger partial charge is 0.253 e. The van der Waals surface area contributed by atoms with Gasteiger partial charge in [0.2, 0.25) is 5.91 Å². The Morgan fingerprint density at radius 2 is 1.79 bits per heavy atom. The molecule has 0 aromatic heterocycles. The van der Waals surface area contributed by atoms with Crippen LogP contribution in [0.15, 0.2) is 48.5 Å². The molecule has 19 heavy (non-hydrogen) atoms. The molecule has 0 bridgehead atoms. The van der Waals surface area contributed by atoms with Crippen LogP contribution in [0.1, 0.15) is 22.0 Å². The Morgan fingerprint density at radius 1 is 1.05 bits per heavy atom. The monoisotopic (exact) mass is 252 g/mol. The molecule has 1 unspecified atom stereocenters. The standard InChI is InChI=1S/C15H12N2O2/c16-14(18)13-11-8-4-7-10(12(11)15(19)17-13)9-5-2-1-3-6-9/h1-8,13H,(H2,16,18)(H,17,19). The summed E-state index contributed by atoms with van der Waals surface area (Å²) >= 11 is 0. The van der Waals surface area contributed by atoms with Crippen molar-refractivity contribution in [1.82, 2.24) is 5.32 Å². The first-order valence-corrected chi connectivity index (χ1v) is 5.97. The predicted octanol–water partition coefficient (Wildman–Crippen LogP) is 1.62. The number of amides is 2. The van der Waals surface area contributed by atoms with Crippen LogP contribution in [0.4, 0.5) is 0 Å². The van der Waals surface area contributed by atoms with Crippen LogP contribution in [0, 0.1) is 0 Å². The number of hydrogen-bond acceptors (Lipinski definition) is 2. The molecule has 94 valence electrons. The van der Waals surface area contributed by atoms with Gasteiger partial charge in [0, 0.05) is 0 Å². The van der Waals surface area contributed by atoms with Gasteiger partial charge in [-0.25, -0.2) is 0 Å². The van der Waals surface area contributed by atoms with E-state index in [1.54, 1.807) is 6.07 Å². The van der Waals surface area contributed by atoms with Crippen LogP contribution in [-0.2, 0) is 4.79 Å². The fourth-order valence-corrected chi connectivity index (χ4v) is 2.43. The summed E-state index contributed by atoms with van der Waals surface area (Å²) < 4.78 is 0. The number of fused-ring (bicyclic) bond motifs is 1. The van der Waals surface area contributed by atoms with Gasteiger partial charge in [-0.05, 0) is 16.7 Å². The second kappa shape index (κ2) is 4.24. The molecular weight excluding hydrogens is 240 g/mol. The van der Waals surface area contributed by atoms with Gasteiger partial charge in [-0.15, -0.1) is 0 Å². The maximum Gasteiger partial charge on any atom is 0.253 e. The molecule has 0 saturated heterocycles. The van der Waals surface area contributed by atoms with Crippen molar-refractivity contribution in [1.29, 1.82) is 0 Å². The van der Waals surface area contributed by atoms with E-state index in [9.17, 15) is 9.59 Å². The Balaban J connectivity index is 2.21. The van der Waals surface area contributed by atoms with Crippen molar-refractivity contribution in [3.63, 3.8) is 0 Å². The van der Waals surface area contributed by atoms with Crippen molar-refractivity contribution >= 4 is 11.8 Å². The summed E-state index contributed by atoms with van der Waals surface area (Å²) in [6.45, 7) is 0. The number of carbonyl (C=O) groups is 2. The number of rotatable bonds is 2. The van der Waals surface area contributed by atoms with Gasteiger partial charge in [-0.2, -0.15) is 0 Å². The number of carbonyl (C=O) groups excluding carboxylic acids is 2. The average molecular weight is 252 g/mol. The van der Waals surface area contributed by atoms with Crippen LogP contribution in [0.25, 0.3) is 11.1 Å². The third kappa shape index (κ3) is 1.78. The first-order chi connectivity index (χ1) is 9.18. The number of nitrogens with two attached hydrogens (primary N) is 1. The lowest BCUT2D eigenvalue weighted by Gasteiger charge is -2.08. The fourth-order valence-electron chi connectivity index (χ4n) is 2.43. The van der Waals surface area contributed by atoms with Crippen molar-refractivity contribution in [3.05, 3.63) is 59.7 Å². The molecule has 0 radical (unpaired) electrons. The Kier molecular flexibility index (Phi) is 2.56. The summed E-state index contributed by atoms with van der Waals surface area (Å²) in [6.07, 6.45) is 0. The minimum Gasteiger partial charge on any atom is -0.368 e. The van der Waals surface area contributed by atoms with Crippen molar-refractivity contribution in [3.8, 4) is 11.1 Å². The maximum absolute atomic E-state index is 12.1. The zero-order valence-electron chi connectivity index (χ0n) is 10.1. The van der Waals surface area contributed by atoms with E-state index in [0.29, 0.717) is 11.1 Å². The predicted molar refractivity (Wildman–Crippen MR) is 71.3 cm³/mol. The van der Waals surface area contributed by atoms with Crippen LogP contribution in [0.3, 0.4) is 0 Å². The molecule has 2 amide bonds. The minimum atomic E-state index is -0.730. The van der Waals surface area contributed by atoms with E-state index >= 15 is 0 Å². The van der Waals surface area contributed by atoms with Crippen molar-refractivity contribution < 1.29 is 9.59 Å². The lowest BCUT2D eigenvalue weighted by atomic mass is 9.94. The van der Waals surface area contributed by atoms with Gasteiger partial charge in [0.05, 0.1) is 5.56 Å². The molecule has 0 saturated carbocycles. The van der Waals surface area contributed by atoms with Gasteiger partial charge < -0.3 is 11.1 Å². The highest BCUT2D eigenvalue weighted by Crippen LogP contribution is 2.33. The fraction of sp³-hybridized carbons (Fsp3) is 0.0667. The normalized spacial score (nSPS) is 16.8. The summed E-state index contributed by atoms with van der Waals surface area (Å²) in [5, 5.41) is 2.62. The molecule has 4 nitrogen and oxygen atoms in total. The zero-order chi connectivity index (χ0) is 13.4. The molecule has 3 rings (SSSR count). The third-order valence-corrected chi connectivity index (χ3v) is 3.28. The summed E-state index contributed by atoms with van der Waals surface area (Å²) in [5.74, 6) is -0.796. The highest BCUT2D eigenvalue weighted by Gasteiger charge is 2.34. The Bertz CT molecular complexity index is 665. The topological polar surface area (TPSA) is 72.2 Å². The largest absolute Gasteiger partial charge is 0.368 e. The highest BCUT2D eigenvalue weighted by atomic mass is 16.2. The zero-order valence-corrected chi connectivity index (χ0v) is 10.1. The average Bonchev–Trinajstić information content (AvgIpc) is 2.78. The second-order valence-electron chi connectivity index (χ2n) is 4.44. The molecule has 1 heterocycles. The van der Waals surface area contributed by atoms with Crippen LogP contribution in [0.5, 0.6) is 0 Å². The number of hydrogen-bond donors (Lipinski definition) is 2. The number of benzene rings is 2. The number of primary amides is 1. The van der Waals surface area contributed by atoms with Gasteiger partial charge in [-0.1, -0.05) is 48.5 Å². The van der Waals surface area contributed by atoms with E-state index in [2.05, 4.69) is 5.32 Å². The van der Waals surface area contributed by atoms with Gasteiger partial charge in [0.1, 0.15) is 6.04 Å². The molecular formula is C15H12N2O2. The third-order valence-electron chi connectivity index (χ3n) is 3.28. The van der Waals surface area contributed by atoms with Crippen molar-refractivity contribution in [2.45, 2.75) is 6.04 Å². The Labute approximate surface area is 110 Å². The molecule has 2 aromatic carbocycles. The summed E-state index contributed by atoms with van der Waals surface area (Å²) in [7, 11) is 0. The van der Waals surface area contributed by atoms with Gasteiger partial charge in [0.25, 0.3) is 5.91 Å². The maximum atomic E-state index is 12.1. The van der Waals surface area contributed by atoms with E-state index in [4.69, 9.17) is 5.73 Å². The molecule has 4 heteroatoms. The molecule has 0 spiro atoms. The molecule has 1 atom stereocenters. The van der Waals surface area contributed by atoms with Crippen LogP contribution >= 0.6 is 0 Å². The molecule has 0 fully saturated rings. The molecule has 3 N–H and O–H groups in total. The van der Waals surface area contributed by atoms with Gasteiger partial charge >= 0.3 is 0 Å². The molecule has 0 aliphatic carbocycles. The Morgan fingerprint density at radius 3 is 2.47 bits per heavy atom. The van der Waals surface area contributed by atoms with Gasteiger partial charge in [0.15, 0.2) is 0 Å². The van der Waals surface area contributed by atoms with E-state index in [0.717, 1.165) is 11.1 Å². The van der Waals surface area contributed by atoms with Crippen LogP contribution in [0.2, 0.25) is 0 Å². The lowest BCUT2D eigenvalue weighted by molar-refractivity contribution is -0.119. The lowest BCUT2D eigenvalue weighted by Crippen LogP contribution is -2.31. The summed E-state index contributed by atoms with van der Waals surface area (Å²) in [5.41, 5.74) is 8.26. The quantitative estimate of drug-likeness (QED) is 0.852. The van der Waals surface area contributed by atoms with E-state index in [1.165, 1.54) is 0 Å².